The molecule has 1 rings (SSSR count). The van der Waals surface area contributed by atoms with E-state index in [4.69, 9.17) is 13.3 Å². The summed E-state index contributed by atoms with van der Waals surface area (Å²) in [7, 11) is 6.43. The predicted molar refractivity (Wildman–Crippen MR) is 118 cm³/mol. The summed E-state index contributed by atoms with van der Waals surface area (Å²) in [6.07, 6.45) is 0. The van der Waals surface area contributed by atoms with E-state index in [1.54, 1.807) is 28.4 Å². The zero-order chi connectivity index (χ0) is 18.5. The Hall–Kier alpha value is 1.26. The minimum Gasteiger partial charge on any atom is -0.147 e. The van der Waals surface area contributed by atoms with Gasteiger partial charge < -0.3 is 0 Å². The van der Waals surface area contributed by atoms with E-state index in [0.717, 1.165) is 39.3 Å². The molecule has 0 saturated carbocycles. The molecule has 12 heteroatoms. The predicted octanol–water partition coefficient (Wildman–Crippen LogP) is 1.94. The maximum absolute atomic E-state index is 6.30. The molecule has 1 heterocycles. The summed E-state index contributed by atoms with van der Waals surface area (Å²) in [6.45, 7) is 6.54. The molecule has 0 atom stereocenters. The molecule has 27 heavy (non-hydrogen) atoms. The summed E-state index contributed by atoms with van der Waals surface area (Å²) in [5.41, 5.74) is 0. The van der Waals surface area contributed by atoms with E-state index in [-0.39, 0.29) is 37.2 Å². The third-order valence-corrected chi connectivity index (χ3v) is 24.5. The largest absolute Gasteiger partial charge is 0.147 e. The van der Waals surface area contributed by atoms with Gasteiger partial charge in [-0.15, -0.1) is 37.2 Å². The molecule has 0 radical (unpaired) electrons. The zero-order valence-electron chi connectivity index (χ0n) is 18.0. The Morgan fingerprint density at radius 1 is 0.556 bits per heavy atom. The van der Waals surface area contributed by atoms with Crippen LogP contribution in [0.3, 0.4) is 0 Å². The Morgan fingerprint density at radius 3 is 1.07 bits per heavy atom. The minimum atomic E-state index is -6.30. The van der Waals surface area contributed by atoms with Gasteiger partial charge in [-0.05, 0) is 0 Å². The third kappa shape index (κ3) is 5.31. The molecule has 0 aromatic heterocycles. The summed E-state index contributed by atoms with van der Waals surface area (Å²) < 4.78 is 27.2. The van der Waals surface area contributed by atoms with Crippen LogP contribution in [0, 0.1) is 0 Å². The molecular weight excluding hydrogens is 454 g/mol. The second-order valence-electron chi connectivity index (χ2n) is 9.54. The molecule has 0 unspecified atom stereocenters. The van der Waals surface area contributed by atoms with Crippen LogP contribution >= 0.6 is 37.2 Å². The van der Waals surface area contributed by atoms with Crippen LogP contribution in [0.2, 0.25) is 15.7 Å². The Labute approximate surface area is 179 Å². The van der Waals surface area contributed by atoms with Crippen molar-refractivity contribution in [2.75, 3.05) is 80.8 Å². The molecule has 1 fully saturated rings. The Bertz CT molecular complexity index is 461. The molecule has 0 aliphatic carbocycles. The average molecular weight is 498 g/mol. The molecule has 3 N–H and O–H groups in total. The summed E-state index contributed by atoms with van der Waals surface area (Å²) in [5, 5.41) is 15.9. The van der Waals surface area contributed by atoms with Crippen molar-refractivity contribution < 1.29 is 26.5 Å². The van der Waals surface area contributed by atoms with Crippen LogP contribution in [0.25, 0.3) is 0 Å². The summed E-state index contributed by atoms with van der Waals surface area (Å²) in [6, 6.07) is 0. The molecule has 172 valence electrons. The van der Waals surface area contributed by atoms with Gasteiger partial charge in [0.2, 0.25) is 0 Å². The number of rotatable bonds is 5. The molecule has 0 aromatic rings. The summed E-state index contributed by atoms with van der Waals surface area (Å²) in [5.74, 6) is 0. The molecule has 0 amide bonds. The topological polar surface area (TPSA) is 76.2 Å². The third-order valence-electron chi connectivity index (χ3n) is 7.35. The Kier molecular flexibility index (Phi) is 10.3. The second kappa shape index (κ2) is 8.42. The Morgan fingerprint density at radius 2 is 0.815 bits per heavy atom. The quantitative estimate of drug-likeness (QED) is 0.498. The van der Waals surface area contributed by atoms with E-state index < -0.39 is 13.3 Å². The molecule has 0 spiro atoms. The first-order chi connectivity index (χ1) is 10.9. The van der Waals surface area contributed by atoms with E-state index in [9.17, 15) is 0 Å². The Balaban J connectivity index is -0.00000192. The fraction of sp³-hybridized carbons (Fsp3) is 1.00. The van der Waals surface area contributed by atoms with Gasteiger partial charge in [0.15, 0.2) is 0 Å². The zero-order valence-corrected chi connectivity index (χ0v) is 22.0. The van der Waals surface area contributed by atoms with Crippen LogP contribution in [0.4, 0.5) is 0 Å². The van der Waals surface area contributed by atoms with Crippen LogP contribution in [-0.2, 0) is 26.5 Å². The van der Waals surface area contributed by atoms with Crippen LogP contribution in [0.15, 0.2) is 0 Å². The van der Waals surface area contributed by atoms with Crippen molar-refractivity contribution in [2.45, 2.75) is 15.7 Å². The van der Waals surface area contributed by atoms with Crippen molar-refractivity contribution in [3.05, 3.63) is 0 Å². The molecule has 0 bridgehead atoms. The van der Waals surface area contributed by atoms with Gasteiger partial charge in [0.05, 0.1) is 0 Å². The van der Waals surface area contributed by atoms with Crippen molar-refractivity contribution in [1.82, 2.24) is 19.3 Å². The number of nitrogens with one attached hydrogen (secondary N) is 3. The first kappa shape index (κ1) is 32.9. The van der Waals surface area contributed by atoms with Gasteiger partial charge in [0.25, 0.3) is 0 Å². The maximum atomic E-state index is 6.26. The van der Waals surface area contributed by atoms with Gasteiger partial charge in [-0.3, -0.25) is 0 Å². The van der Waals surface area contributed by atoms with Gasteiger partial charge in [0.1, 0.15) is 0 Å². The summed E-state index contributed by atoms with van der Waals surface area (Å²) >= 11 is -6.30. The van der Waals surface area contributed by atoms with Crippen LogP contribution in [0.1, 0.15) is 0 Å². The number of hydrogen-bond donors (Lipinski definition) is 3. The normalized spacial score (nSPS) is 23.8. The monoisotopic (exact) mass is 496 g/mol. The summed E-state index contributed by atoms with van der Waals surface area (Å²) in [4.78, 5) is 0. The van der Waals surface area contributed by atoms with Crippen molar-refractivity contribution in [2.24, 2.45) is 0 Å². The van der Waals surface area contributed by atoms with Gasteiger partial charge in [-0.2, -0.15) is 0 Å². The first-order valence-corrected chi connectivity index (χ1v) is 16.9. The fourth-order valence-electron chi connectivity index (χ4n) is 3.32. The molecule has 1 aliphatic rings. The maximum Gasteiger partial charge on any atom is -0.147 e. The van der Waals surface area contributed by atoms with Gasteiger partial charge in [-0.1, -0.05) is 0 Å². The van der Waals surface area contributed by atoms with Crippen molar-refractivity contribution in [1.29, 1.82) is 0 Å². The minimum absolute atomic E-state index is 0. The second-order valence-corrected chi connectivity index (χ2v) is 30.2. The standard InChI is InChI=1S/C8H19N4.4CH3O.3CH3.3ClH.Ti/c1-2-10-5-6-12-8-7-11-4-3-9-1;4*1-2;;;;;;;/h9-11H,1-8H2;4*1H3;3*1H3;3*1H;/q5*-1;;;;;;;+5. The molecule has 1 saturated heterocycles. The number of nitrogens with zero attached hydrogens (tertiary/aromatic N) is 1. The molecule has 0 aromatic carbocycles. The van der Waals surface area contributed by atoms with Crippen molar-refractivity contribution in [3.8, 4) is 0 Å². The van der Waals surface area contributed by atoms with E-state index in [0.29, 0.717) is 13.1 Å². The van der Waals surface area contributed by atoms with E-state index in [1.807, 2.05) is 15.7 Å². The van der Waals surface area contributed by atoms with E-state index in [1.165, 1.54) is 0 Å². The molecule has 8 nitrogen and oxygen atoms in total. The van der Waals surface area contributed by atoms with Crippen molar-refractivity contribution in [3.63, 3.8) is 0 Å². The number of hydrogen-bond acceptors (Lipinski definition) is 8. The van der Waals surface area contributed by atoms with Gasteiger partial charge in [0, 0.05) is 0 Å². The van der Waals surface area contributed by atoms with Crippen LogP contribution in [0.5, 0.6) is 0 Å². The van der Waals surface area contributed by atoms with Crippen molar-refractivity contribution >= 4 is 37.2 Å². The molecule has 1 aliphatic heterocycles. The van der Waals surface area contributed by atoms with E-state index >= 15 is 0 Å². The smallest absolute Gasteiger partial charge is 0.147 e. The first-order valence-electron chi connectivity index (χ1n) is 8.93. The SMILES string of the molecule is C[O][Ti]([CH3])([CH3])([CH3])([O]C)([O]C)([O]C)[N]1CCNCCNCCNCC1.Cl.Cl.Cl. The van der Waals surface area contributed by atoms with Gasteiger partial charge in [-0.25, -0.2) is 0 Å². The molecular formula is C15H43Cl3N4O4Ti. The fourth-order valence-corrected chi connectivity index (χ4v) is 10.1. The van der Waals surface area contributed by atoms with Crippen LogP contribution in [-0.4, -0.2) is 84.2 Å². The van der Waals surface area contributed by atoms with Gasteiger partial charge >= 0.3 is 142 Å². The van der Waals surface area contributed by atoms with E-state index in [2.05, 4.69) is 19.3 Å². The average Bonchev–Trinajstić information content (AvgIpc) is 2.57. The van der Waals surface area contributed by atoms with Crippen LogP contribution < -0.4 is 16.0 Å². The number of halogens is 3.